The number of rotatable bonds is 3. The van der Waals surface area contributed by atoms with Crippen LogP contribution in [-0.4, -0.2) is 28.0 Å². The Kier molecular flexibility index (Phi) is 3.94. The molecule has 2 heterocycles. The summed E-state index contributed by atoms with van der Waals surface area (Å²) in [6.45, 7) is 3.30. The van der Waals surface area contributed by atoms with Crippen LogP contribution in [0.2, 0.25) is 0 Å². The summed E-state index contributed by atoms with van der Waals surface area (Å²) in [6.07, 6.45) is 7.57. The Morgan fingerprint density at radius 1 is 1.16 bits per heavy atom. The Balaban J connectivity index is 1.60. The average molecular weight is 255 g/mol. The van der Waals surface area contributed by atoms with Crippen LogP contribution in [0.25, 0.3) is 0 Å². The van der Waals surface area contributed by atoms with Crippen LogP contribution in [0.3, 0.4) is 0 Å². The number of benzene rings is 1. The fourth-order valence-electron chi connectivity index (χ4n) is 2.97. The molecule has 1 aliphatic rings. The van der Waals surface area contributed by atoms with Crippen LogP contribution in [0.1, 0.15) is 36.6 Å². The van der Waals surface area contributed by atoms with Gasteiger partial charge in [-0.2, -0.15) is 0 Å². The van der Waals surface area contributed by atoms with E-state index in [4.69, 9.17) is 0 Å². The third-order valence-corrected chi connectivity index (χ3v) is 4.02. The lowest BCUT2D eigenvalue weighted by atomic mass is 9.92. The lowest BCUT2D eigenvalue weighted by molar-refractivity contribution is 0.269. The van der Waals surface area contributed by atoms with E-state index >= 15 is 0 Å². The predicted octanol–water partition coefficient (Wildman–Crippen LogP) is 3.18. The number of H-pyrrole nitrogens is 1. The van der Waals surface area contributed by atoms with Gasteiger partial charge in [-0.25, -0.2) is 4.98 Å². The lowest BCUT2D eigenvalue weighted by Gasteiger charge is -2.18. The SMILES string of the molecule is c1ccc(C2CCCN(Cc3ncc[nH]3)CC2)cc1. The zero-order valence-corrected chi connectivity index (χ0v) is 11.3. The monoisotopic (exact) mass is 255 g/mol. The molecule has 0 aliphatic carbocycles. The molecule has 0 radical (unpaired) electrons. The number of nitrogens with one attached hydrogen (secondary N) is 1. The average Bonchev–Trinajstić information content (AvgIpc) is 2.85. The third kappa shape index (κ3) is 3.24. The Morgan fingerprint density at radius 3 is 2.84 bits per heavy atom. The highest BCUT2D eigenvalue weighted by Gasteiger charge is 2.18. The van der Waals surface area contributed by atoms with Crippen LogP contribution >= 0.6 is 0 Å². The zero-order chi connectivity index (χ0) is 12.9. The molecule has 3 nitrogen and oxygen atoms in total. The molecule has 0 saturated carbocycles. The molecule has 1 aromatic carbocycles. The van der Waals surface area contributed by atoms with Gasteiger partial charge in [-0.15, -0.1) is 0 Å². The molecular weight excluding hydrogens is 234 g/mol. The van der Waals surface area contributed by atoms with Gasteiger partial charge in [-0.1, -0.05) is 30.3 Å². The fourth-order valence-corrected chi connectivity index (χ4v) is 2.97. The fraction of sp³-hybridized carbons (Fsp3) is 0.438. The molecule has 3 rings (SSSR count). The van der Waals surface area contributed by atoms with E-state index in [2.05, 4.69) is 45.2 Å². The van der Waals surface area contributed by atoms with Crippen molar-refractivity contribution in [3.8, 4) is 0 Å². The Morgan fingerprint density at radius 2 is 2.05 bits per heavy atom. The number of aromatic amines is 1. The predicted molar refractivity (Wildman–Crippen MR) is 76.9 cm³/mol. The van der Waals surface area contributed by atoms with Crippen molar-refractivity contribution >= 4 is 0 Å². The van der Waals surface area contributed by atoms with Crippen molar-refractivity contribution in [2.75, 3.05) is 13.1 Å². The smallest absolute Gasteiger partial charge is 0.120 e. The molecule has 1 saturated heterocycles. The first kappa shape index (κ1) is 12.4. The molecule has 1 N–H and O–H groups in total. The number of imidazole rings is 1. The van der Waals surface area contributed by atoms with Gasteiger partial charge in [0, 0.05) is 12.4 Å². The minimum absolute atomic E-state index is 0.725. The van der Waals surface area contributed by atoms with Crippen LogP contribution in [0.15, 0.2) is 42.7 Å². The molecule has 0 bridgehead atoms. The number of hydrogen-bond acceptors (Lipinski definition) is 2. The summed E-state index contributed by atoms with van der Waals surface area (Å²) in [7, 11) is 0. The second-order valence-electron chi connectivity index (χ2n) is 5.35. The van der Waals surface area contributed by atoms with Crippen molar-refractivity contribution in [1.82, 2.24) is 14.9 Å². The van der Waals surface area contributed by atoms with E-state index in [9.17, 15) is 0 Å². The van der Waals surface area contributed by atoms with Crippen molar-refractivity contribution < 1.29 is 0 Å². The van der Waals surface area contributed by atoms with Gasteiger partial charge in [0.05, 0.1) is 6.54 Å². The molecule has 0 amide bonds. The van der Waals surface area contributed by atoms with Crippen molar-refractivity contribution in [2.45, 2.75) is 31.7 Å². The van der Waals surface area contributed by atoms with Crippen LogP contribution < -0.4 is 0 Å². The summed E-state index contributed by atoms with van der Waals surface area (Å²) in [5, 5.41) is 0. The van der Waals surface area contributed by atoms with E-state index in [1.807, 2.05) is 12.4 Å². The minimum Gasteiger partial charge on any atom is -0.348 e. The van der Waals surface area contributed by atoms with Gasteiger partial charge < -0.3 is 4.98 Å². The molecule has 1 aromatic heterocycles. The van der Waals surface area contributed by atoms with E-state index in [-0.39, 0.29) is 0 Å². The van der Waals surface area contributed by atoms with Gasteiger partial charge in [0.2, 0.25) is 0 Å². The maximum Gasteiger partial charge on any atom is 0.120 e. The first-order chi connectivity index (χ1) is 9.42. The molecule has 3 heteroatoms. The molecule has 100 valence electrons. The lowest BCUT2D eigenvalue weighted by Crippen LogP contribution is -2.24. The summed E-state index contributed by atoms with van der Waals surface area (Å²) >= 11 is 0. The maximum absolute atomic E-state index is 4.32. The van der Waals surface area contributed by atoms with E-state index in [0.717, 1.165) is 18.3 Å². The van der Waals surface area contributed by atoms with Gasteiger partial charge in [-0.3, -0.25) is 4.90 Å². The molecule has 19 heavy (non-hydrogen) atoms. The summed E-state index contributed by atoms with van der Waals surface area (Å²) in [5.74, 6) is 1.81. The highest BCUT2D eigenvalue weighted by molar-refractivity contribution is 5.19. The van der Waals surface area contributed by atoms with Crippen molar-refractivity contribution in [3.63, 3.8) is 0 Å². The van der Waals surface area contributed by atoms with Gasteiger partial charge in [0.15, 0.2) is 0 Å². The Bertz CT molecular complexity index is 478. The molecule has 1 atom stereocenters. The molecule has 2 aromatic rings. The maximum atomic E-state index is 4.32. The third-order valence-electron chi connectivity index (χ3n) is 4.02. The standard InChI is InChI=1S/C16H21N3/c1-2-5-14(6-3-1)15-7-4-11-19(12-8-15)13-16-17-9-10-18-16/h1-3,5-6,9-10,15H,4,7-8,11-13H2,(H,17,18). The van der Waals surface area contributed by atoms with E-state index < -0.39 is 0 Å². The summed E-state index contributed by atoms with van der Waals surface area (Å²) in [6, 6.07) is 10.9. The summed E-state index contributed by atoms with van der Waals surface area (Å²) in [4.78, 5) is 10.0. The summed E-state index contributed by atoms with van der Waals surface area (Å²) in [5.41, 5.74) is 1.50. The zero-order valence-electron chi connectivity index (χ0n) is 11.3. The highest BCUT2D eigenvalue weighted by Crippen LogP contribution is 2.28. The Hall–Kier alpha value is -1.61. The van der Waals surface area contributed by atoms with Crippen LogP contribution in [0.5, 0.6) is 0 Å². The van der Waals surface area contributed by atoms with Crippen LogP contribution in [0.4, 0.5) is 0 Å². The molecular formula is C16H21N3. The van der Waals surface area contributed by atoms with E-state index in [1.165, 1.54) is 37.9 Å². The van der Waals surface area contributed by atoms with Crippen LogP contribution in [-0.2, 0) is 6.54 Å². The van der Waals surface area contributed by atoms with E-state index in [0.29, 0.717) is 0 Å². The molecule has 0 spiro atoms. The quantitative estimate of drug-likeness (QED) is 0.913. The minimum atomic E-state index is 0.725. The van der Waals surface area contributed by atoms with Gasteiger partial charge in [0.25, 0.3) is 0 Å². The van der Waals surface area contributed by atoms with Gasteiger partial charge in [0.1, 0.15) is 5.82 Å². The summed E-state index contributed by atoms with van der Waals surface area (Å²) < 4.78 is 0. The second-order valence-corrected chi connectivity index (χ2v) is 5.35. The van der Waals surface area contributed by atoms with Crippen molar-refractivity contribution in [2.24, 2.45) is 0 Å². The van der Waals surface area contributed by atoms with Gasteiger partial charge >= 0.3 is 0 Å². The number of hydrogen-bond donors (Lipinski definition) is 1. The second kappa shape index (κ2) is 6.02. The number of aromatic nitrogens is 2. The molecule has 1 fully saturated rings. The molecule has 1 aliphatic heterocycles. The first-order valence-electron chi connectivity index (χ1n) is 7.17. The normalized spacial score (nSPS) is 21.2. The first-order valence-corrected chi connectivity index (χ1v) is 7.17. The number of likely N-dealkylation sites (tertiary alicyclic amines) is 1. The highest BCUT2D eigenvalue weighted by atomic mass is 15.1. The van der Waals surface area contributed by atoms with Crippen LogP contribution in [0, 0.1) is 0 Å². The van der Waals surface area contributed by atoms with Gasteiger partial charge in [-0.05, 0) is 43.8 Å². The molecule has 1 unspecified atom stereocenters. The Labute approximate surface area is 114 Å². The number of nitrogens with zero attached hydrogens (tertiary/aromatic N) is 2. The topological polar surface area (TPSA) is 31.9 Å². The van der Waals surface area contributed by atoms with Crippen molar-refractivity contribution in [1.29, 1.82) is 0 Å². The van der Waals surface area contributed by atoms with E-state index in [1.54, 1.807) is 0 Å². The van der Waals surface area contributed by atoms with Crippen molar-refractivity contribution in [3.05, 3.63) is 54.1 Å². The largest absolute Gasteiger partial charge is 0.348 e.